The Morgan fingerprint density at radius 2 is 1.79 bits per heavy atom. The van der Waals surface area contributed by atoms with Gasteiger partial charge in [0.2, 0.25) is 0 Å². The van der Waals surface area contributed by atoms with E-state index in [1.54, 1.807) is 12.1 Å². The number of halogens is 1. The van der Waals surface area contributed by atoms with Crippen LogP contribution in [0.2, 0.25) is 0 Å². The molecule has 33 heavy (non-hydrogen) atoms. The molecule has 0 radical (unpaired) electrons. The molecule has 4 rings (SSSR count). The molecule has 1 fully saturated rings. The first-order valence-corrected chi connectivity index (χ1v) is 11.1. The lowest BCUT2D eigenvalue weighted by molar-refractivity contribution is 0.100. The van der Waals surface area contributed by atoms with Crippen molar-refractivity contribution >= 4 is 23.2 Å². The van der Waals surface area contributed by atoms with Crippen molar-refractivity contribution < 1.29 is 13.9 Å². The summed E-state index contributed by atoms with van der Waals surface area (Å²) < 4.78 is 20.5. The van der Waals surface area contributed by atoms with Gasteiger partial charge in [0.15, 0.2) is 11.6 Å². The van der Waals surface area contributed by atoms with Crippen molar-refractivity contribution in [2.24, 2.45) is 5.73 Å². The van der Waals surface area contributed by atoms with Crippen LogP contribution in [0.5, 0.6) is 5.75 Å². The van der Waals surface area contributed by atoms with Crippen molar-refractivity contribution in [3.05, 3.63) is 77.6 Å². The summed E-state index contributed by atoms with van der Waals surface area (Å²) in [5.74, 6) is -0.447. The number of carbonyl (C=O) groups excluding carboxylic acids is 1. The fourth-order valence-electron chi connectivity index (χ4n) is 3.75. The largest absolute Gasteiger partial charge is 0.492 e. The van der Waals surface area contributed by atoms with Crippen molar-refractivity contribution in [3.8, 4) is 5.75 Å². The summed E-state index contributed by atoms with van der Waals surface area (Å²) in [6.07, 6.45) is 2.52. The maximum Gasteiger partial charge on any atom is 0.252 e. The molecule has 1 aliphatic rings. The molecular formula is C25H28FN5O2. The SMILES string of the molecule is NC(=O)c1cc(F)c(Nc2ccc(OCCN3CCCC3)cc2)nc1NCc1ccccc1. The third-order valence-electron chi connectivity index (χ3n) is 5.54. The van der Waals surface area contributed by atoms with Gasteiger partial charge in [-0.25, -0.2) is 9.37 Å². The highest BCUT2D eigenvalue weighted by atomic mass is 19.1. The van der Waals surface area contributed by atoms with Gasteiger partial charge in [-0.05, 0) is 61.8 Å². The van der Waals surface area contributed by atoms with Crippen LogP contribution in [0.4, 0.5) is 21.7 Å². The predicted octanol–water partition coefficient (Wildman–Crippen LogP) is 4.15. The molecule has 4 N–H and O–H groups in total. The van der Waals surface area contributed by atoms with Crippen LogP contribution in [0.15, 0.2) is 60.7 Å². The molecule has 7 nitrogen and oxygen atoms in total. The quantitative estimate of drug-likeness (QED) is 0.431. The molecule has 1 aliphatic heterocycles. The first-order valence-electron chi connectivity index (χ1n) is 11.1. The molecular weight excluding hydrogens is 421 g/mol. The molecule has 0 saturated carbocycles. The Balaban J connectivity index is 1.41. The Morgan fingerprint density at radius 1 is 1.06 bits per heavy atom. The smallest absolute Gasteiger partial charge is 0.252 e. The Hall–Kier alpha value is -3.65. The third kappa shape index (κ3) is 6.20. The lowest BCUT2D eigenvalue weighted by Crippen LogP contribution is -2.25. The number of anilines is 3. The Labute approximate surface area is 192 Å². The summed E-state index contributed by atoms with van der Waals surface area (Å²) in [5, 5.41) is 6.04. The maximum absolute atomic E-state index is 14.6. The van der Waals surface area contributed by atoms with Gasteiger partial charge >= 0.3 is 0 Å². The lowest BCUT2D eigenvalue weighted by Gasteiger charge is -2.15. The van der Waals surface area contributed by atoms with E-state index in [2.05, 4.69) is 20.5 Å². The average Bonchev–Trinajstić information content (AvgIpc) is 3.34. The van der Waals surface area contributed by atoms with Crippen molar-refractivity contribution in [2.75, 3.05) is 36.9 Å². The second-order valence-electron chi connectivity index (χ2n) is 7.96. The van der Waals surface area contributed by atoms with E-state index in [-0.39, 0.29) is 17.2 Å². The first-order chi connectivity index (χ1) is 16.1. The molecule has 0 atom stereocenters. The molecule has 1 aromatic heterocycles. The molecule has 1 amide bonds. The zero-order valence-electron chi connectivity index (χ0n) is 18.4. The minimum atomic E-state index is -0.751. The van der Waals surface area contributed by atoms with E-state index in [0.717, 1.165) is 37.0 Å². The highest BCUT2D eigenvalue weighted by Gasteiger charge is 2.16. The van der Waals surface area contributed by atoms with Crippen molar-refractivity contribution in [3.63, 3.8) is 0 Å². The summed E-state index contributed by atoms with van der Waals surface area (Å²) >= 11 is 0. The van der Waals surface area contributed by atoms with Crippen LogP contribution >= 0.6 is 0 Å². The summed E-state index contributed by atoms with van der Waals surface area (Å²) in [6.45, 7) is 4.25. The van der Waals surface area contributed by atoms with E-state index < -0.39 is 11.7 Å². The van der Waals surface area contributed by atoms with Gasteiger partial charge < -0.3 is 21.1 Å². The monoisotopic (exact) mass is 449 g/mol. The number of pyridine rings is 1. The van der Waals surface area contributed by atoms with Gasteiger partial charge in [0.05, 0.1) is 5.56 Å². The second-order valence-corrected chi connectivity index (χ2v) is 7.96. The Bertz CT molecular complexity index is 1070. The molecule has 0 spiro atoms. The molecule has 0 bridgehead atoms. The summed E-state index contributed by atoms with van der Waals surface area (Å²) in [4.78, 5) is 18.5. The number of nitrogens with one attached hydrogen (secondary N) is 2. The van der Waals surface area contributed by atoms with E-state index in [4.69, 9.17) is 10.5 Å². The number of hydrogen-bond acceptors (Lipinski definition) is 6. The van der Waals surface area contributed by atoms with Crippen LogP contribution in [0.1, 0.15) is 28.8 Å². The standard InChI is InChI=1S/C25H28FN5O2/c26-22-16-21(23(27)32)24(28-17-18-6-2-1-3-7-18)30-25(22)29-19-8-10-20(11-9-19)33-15-14-31-12-4-5-13-31/h1-3,6-11,16H,4-5,12-15,17H2,(H2,27,32)(H2,28,29,30). The number of nitrogens with two attached hydrogens (primary N) is 1. The van der Waals surface area contributed by atoms with Crippen molar-refractivity contribution in [1.82, 2.24) is 9.88 Å². The van der Waals surface area contributed by atoms with Gasteiger partial charge in [0, 0.05) is 18.8 Å². The van der Waals surface area contributed by atoms with E-state index in [1.165, 1.54) is 12.8 Å². The van der Waals surface area contributed by atoms with E-state index in [0.29, 0.717) is 18.8 Å². The lowest BCUT2D eigenvalue weighted by atomic mass is 10.2. The maximum atomic E-state index is 14.6. The molecule has 2 heterocycles. The van der Waals surface area contributed by atoms with E-state index in [9.17, 15) is 9.18 Å². The van der Waals surface area contributed by atoms with Crippen molar-refractivity contribution in [1.29, 1.82) is 0 Å². The Morgan fingerprint density at radius 3 is 2.48 bits per heavy atom. The van der Waals surface area contributed by atoms with Crippen LogP contribution in [0.3, 0.4) is 0 Å². The van der Waals surface area contributed by atoms with Gasteiger partial charge in [0.25, 0.3) is 5.91 Å². The predicted molar refractivity (Wildman–Crippen MR) is 127 cm³/mol. The molecule has 0 aliphatic carbocycles. The number of nitrogens with zero attached hydrogens (tertiary/aromatic N) is 2. The van der Waals surface area contributed by atoms with Crippen LogP contribution < -0.4 is 21.1 Å². The minimum Gasteiger partial charge on any atom is -0.492 e. The molecule has 172 valence electrons. The number of benzene rings is 2. The highest BCUT2D eigenvalue weighted by Crippen LogP contribution is 2.25. The van der Waals surface area contributed by atoms with Crippen molar-refractivity contribution in [2.45, 2.75) is 19.4 Å². The number of amides is 1. The molecule has 3 aromatic rings. The number of aromatic nitrogens is 1. The number of ether oxygens (including phenoxy) is 1. The summed E-state index contributed by atoms with van der Waals surface area (Å²) in [5.41, 5.74) is 7.07. The normalized spacial score (nSPS) is 13.6. The third-order valence-corrected chi connectivity index (χ3v) is 5.54. The molecule has 8 heteroatoms. The zero-order valence-corrected chi connectivity index (χ0v) is 18.4. The van der Waals surface area contributed by atoms with E-state index in [1.807, 2.05) is 42.5 Å². The number of rotatable bonds is 10. The molecule has 1 saturated heterocycles. The van der Waals surface area contributed by atoms with Gasteiger partial charge in [-0.15, -0.1) is 0 Å². The minimum absolute atomic E-state index is 0.00161. The van der Waals surface area contributed by atoms with Crippen LogP contribution in [-0.2, 0) is 6.54 Å². The number of hydrogen-bond donors (Lipinski definition) is 3. The molecule has 2 aromatic carbocycles. The Kier molecular flexibility index (Phi) is 7.36. The van der Waals surface area contributed by atoms with Crippen LogP contribution in [0.25, 0.3) is 0 Å². The zero-order chi connectivity index (χ0) is 23.0. The van der Waals surface area contributed by atoms with Gasteiger partial charge in [-0.1, -0.05) is 30.3 Å². The average molecular weight is 450 g/mol. The van der Waals surface area contributed by atoms with Gasteiger partial charge in [-0.3, -0.25) is 9.69 Å². The number of likely N-dealkylation sites (tertiary alicyclic amines) is 1. The molecule has 0 unspecified atom stereocenters. The van der Waals surface area contributed by atoms with Gasteiger partial charge in [0.1, 0.15) is 18.2 Å². The summed E-state index contributed by atoms with van der Waals surface area (Å²) in [7, 11) is 0. The first kappa shape index (κ1) is 22.5. The second kappa shape index (κ2) is 10.8. The summed E-state index contributed by atoms with van der Waals surface area (Å²) in [6, 6.07) is 18.0. The number of carbonyl (C=O) groups is 1. The number of primary amides is 1. The van der Waals surface area contributed by atoms with Gasteiger partial charge in [-0.2, -0.15) is 0 Å². The topological polar surface area (TPSA) is 92.5 Å². The fourth-order valence-corrected chi connectivity index (χ4v) is 3.75. The van der Waals surface area contributed by atoms with Crippen LogP contribution in [-0.4, -0.2) is 42.0 Å². The van der Waals surface area contributed by atoms with E-state index >= 15 is 0 Å². The fraction of sp³-hybridized carbons (Fsp3) is 0.280. The highest BCUT2D eigenvalue weighted by molar-refractivity contribution is 5.98. The van der Waals surface area contributed by atoms with Crippen LogP contribution in [0, 0.1) is 5.82 Å².